The number of rotatable bonds is 10. The van der Waals surface area contributed by atoms with Gasteiger partial charge in [-0.1, -0.05) is 70.2 Å². The Morgan fingerprint density at radius 3 is 2.18 bits per heavy atom. The molecule has 0 heterocycles. The summed E-state index contributed by atoms with van der Waals surface area (Å²) in [5, 5.41) is 0. The summed E-state index contributed by atoms with van der Waals surface area (Å²) in [4.78, 5) is 0. The maximum absolute atomic E-state index is 15.7. The molecule has 0 aliphatic heterocycles. The quantitative estimate of drug-likeness (QED) is 0.243. The number of benzene rings is 2. The van der Waals surface area contributed by atoms with Crippen LogP contribution in [0.5, 0.6) is 0 Å². The molecule has 0 bridgehead atoms. The maximum Gasteiger partial charge on any atom is 0.133 e. The van der Waals surface area contributed by atoms with E-state index in [4.69, 9.17) is 0 Å². The fourth-order valence-electron chi connectivity index (χ4n) is 5.51. The number of alkyl halides is 2. The Labute approximate surface area is 196 Å². The average molecular weight is 463 g/mol. The van der Waals surface area contributed by atoms with Gasteiger partial charge in [0.15, 0.2) is 0 Å². The Balaban J connectivity index is 1.92. The Bertz CT molecular complexity index is 910. The summed E-state index contributed by atoms with van der Waals surface area (Å²) in [5.41, 5.74) is 1.32. The van der Waals surface area contributed by atoms with Crippen molar-refractivity contribution >= 4 is 0 Å². The molecule has 2 aromatic rings. The summed E-state index contributed by atoms with van der Waals surface area (Å²) in [6, 6.07) is 6.62. The van der Waals surface area contributed by atoms with Gasteiger partial charge >= 0.3 is 0 Å². The van der Waals surface area contributed by atoms with Crippen LogP contribution in [-0.4, -0.2) is 0 Å². The van der Waals surface area contributed by atoms with Crippen LogP contribution in [0.25, 0.3) is 11.1 Å². The molecule has 182 valence electrons. The van der Waals surface area contributed by atoms with Crippen LogP contribution in [0.1, 0.15) is 113 Å². The van der Waals surface area contributed by atoms with Gasteiger partial charge in [-0.05, 0) is 73.1 Å². The van der Waals surface area contributed by atoms with Crippen molar-refractivity contribution in [2.45, 2.75) is 104 Å². The van der Waals surface area contributed by atoms with Crippen LogP contribution in [0, 0.1) is 17.6 Å². The molecule has 0 amide bonds. The summed E-state index contributed by atoms with van der Waals surface area (Å²) in [7, 11) is 0. The van der Waals surface area contributed by atoms with Gasteiger partial charge in [-0.3, -0.25) is 0 Å². The van der Waals surface area contributed by atoms with E-state index < -0.39 is 24.5 Å². The first-order valence-electron chi connectivity index (χ1n) is 12.8. The van der Waals surface area contributed by atoms with Crippen LogP contribution >= 0.6 is 0 Å². The third kappa shape index (κ3) is 5.81. The highest BCUT2D eigenvalue weighted by Gasteiger charge is 2.28. The molecule has 0 nitrogen and oxygen atoms in total. The SMILES string of the molecule is CCCCCC1CCC(c2ccc(-c3ccc(CCC)c(F)c3CF)c(C(C)F)c2F)CC1. The highest BCUT2D eigenvalue weighted by Crippen LogP contribution is 2.43. The zero-order chi connectivity index (χ0) is 24.0. The zero-order valence-electron chi connectivity index (χ0n) is 20.3. The van der Waals surface area contributed by atoms with Gasteiger partial charge in [-0.2, -0.15) is 0 Å². The summed E-state index contributed by atoms with van der Waals surface area (Å²) in [6.07, 6.45) is 8.59. The first-order chi connectivity index (χ1) is 15.9. The number of aryl methyl sites for hydroxylation is 1. The fraction of sp³-hybridized carbons (Fsp3) is 0.586. The predicted molar refractivity (Wildman–Crippen MR) is 129 cm³/mol. The standard InChI is InChI=1S/C29H38F4/c1-4-6-7-9-20-10-12-21(13-11-20)23-16-17-25(27(19(3)31)29(23)33)24-15-14-22(8-5-2)28(32)26(24)18-30/h14-17,19-21H,4-13,18H2,1-3H3. The lowest BCUT2D eigenvalue weighted by Gasteiger charge is -2.30. The highest BCUT2D eigenvalue weighted by molar-refractivity contribution is 5.72. The van der Waals surface area contributed by atoms with E-state index in [2.05, 4.69) is 6.92 Å². The number of hydrogen-bond donors (Lipinski definition) is 0. The predicted octanol–water partition coefficient (Wildman–Crippen LogP) is 9.94. The minimum atomic E-state index is -1.57. The van der Waals surface area contributed by atoms with Crippen LogP contribution < -0.4 is 0 Å². The van der Waals surface area contributed by atoms with E-state index >= 15 is 4.39 Å². The molecular weight excluding hydrogens is 424 g/mol. The fourth-order valence-corrected chi connectivity index (χ4v) is 5.51. The lowest BCUT2D eigenvalue weighted by molar-refractivity contribution is 0.297. The molecule has 0 spiro atoms. The van der Waals surface area contributed by atoms with Crippen molar-refractivity contribution in [2.75, 3.05) is 0 Å². The maximum atomic E-state index is 15.7. The topological polar surface area (TPSA) is 0 Å². The van der Waals surface area contributed by atoms with Crippen molar-refractivity contribution in [2.24, 2.45) is 5.92 Å². The zero-order valence-corrected chi connectivity index (χ0v) is 20.3. The Morgan fingerprint density at radius 1 is 0.879 bits per heavy atom. The van der Waals surface area contributed by atoms with E-state index in [1.807, 2.05) is 6.92 Å². The van der Waals surface area contributed by atoms with Crippen LogP contribution in [0.15, 0.2) is 24.3 Å². The molecule has 3 rings (SSSR count). The Hall–Kier alpha value is -1.84. The monoisotopic (exact) mass is 462 g/mol. The second kappa shape index (κ2) is 12.0. The third-order valence-electron chi connectivity index (χ3n) is 7.38. The van der Waals surface area contributed by atoms with Gasteiger partial charge in [-0.25, -0.2) is 17.6 Å². The van der Waals surface area contributed by atoms with E-state index in [0.29, 0.717) is 23.5 Å². The number of unbranched alkanes of at least 4 members (excludes halogenated alkanes) is 2. The van der Waals surface area contributed by atoms with Gasteiger partial charge in [0.2, 0.25) is 0 Å². The van der Waals surface area contributed by atoms with Crippen LogP contribution in [0.2, 0.25) is 0 Å². The van der Waals surface area contributed by atoms with E-state index in [1.165, 1.54) is 32.6 Å². The molecule has 1 fully saturated rings. The van der Waals surface area contributed by atoms with Gasteiger partial charge in [0.25, 0.3) is 0 Å². The summed E-state index contributed by atoms with van der Waals surface area (Å²) < 4.78 is 59.2. The molecule has 4 heteroatoms. The van der Waals surface area contributed by atoms with Gasteiger partial charge in [0.1, 0.15) is 24.5 Å². The number of halogens is 4. The molecule has 1 atom stereocenters. The van der Waals surface area contributed by atoms with Gasteiger partial charge in [0, 0.05) is 11.1 Å². The Kier molecular flexibility index (Phi) is 9.40. The lowest BCUT2D eigenvalue weighted by Crippen LogP contribution is -2.15. The molecule has 1 aliphatic carbocycles. The van der Waals surface area contributed by atoms with Crippen molar-refractivity contribution in [1.82, 2.24) is 0 Å². The summed E-state index contributed by atoms with van der Waals surface area (Å²) >= 11 is 0. The third-order valence-corrected chi connectivity index (χ3v) is 7.38. The van der Waals surface area contributed by atoms with Crippen molar-refractivity contribution in [3.8, 4) is 11.1 Å². The molecule has 1 aliphatic rings. The minimum absolute atomic E-state index is 0.0725. The largest absolute Gasteiger partial charge is 0.246 e. The van der Waals surface area contributed by atoms with Gasteiger partial charge in [0.05, 0.1) is 0 Å². The van der Waals surface area contributed by atoms with Crippen molar-refractivity contribution < 1.29 is 17.6 Å². The molecule has 2 aromatic carbocycles. The second-order valence-electron chi connectivity index (χ2n) is 9.71. The molecule has 0 saturated heterocycles. The average Bonchev–Trinajstić information content (AvgIpc) is 2.80. The van der Waals surface area contributed by atoms with E-state index in [1.54, 1.807) is 24.3 Å². The smallest absolute Gasteiger partial charge is 0.133 e. The van der Waals surface area contributed by atoms with Crippen LogP contribution in [-0.2, 0) is 13.1 Å². The molecule has 0 radical (unpaired) electrons. The number of hydrogen-bond acceptors (Lipinski definition) is 0. The molecule has 1 unspecified atom stereocenters. The normalized spacial score (nSPS) is 19.6. The van der Waals surface area contributed by atoms with Crippen LogP contribution in [0.4, 0.5) is 17.6 Å². The van der Waals surface area contributed by atoms with Crippen LogP contribution in [0.3, 0.4) is 0 Å². The second-order valence-corrected chi connectivity index (χ2v) is 9.71. The van der Waals surface area contributed by atoms with Crippen molar-refractivity contribution in [3.63, 3.8) is 0 Å². The van der Waals surface area contributed by atoms with E-state index in [-0.39, 0.29) is 28.2 Å². The highest BCUT2D eigenvalue weighted by atomic mass is 19.1. The summed E-state index contributed by atoms with van der Waals surface area (Å²) in [6.45, 7) is 4.42. The molecule has 33 heavy (non-hydrogen) atoms. The summed E-state index contributed by atoms with van der Waals surface area (Å²) in [5.74, 6) is -0.366. The molecule has 1 saturated carbocycles. The van der Waals surface area contributed by atoms with E-state index in [9.17, 15) is 13.2 Å². The minimum Gasteiger partial charge on any atom is -0.246 e. The Morgan fingerprint density at radius 2 is 1.58 bits per heavy atom. The lowest BCUT2D eigenvalue weighted by atomic mass is 9.76. The van der Waals surface area contributed by atoms with Gasteiger partial charge < -0.3 is 0 Å². The molecular formula is C29H38F4. The first-order valence-corrected chi connectivity index (χ1v) is 12.8. The van der Waals surface area contributed by atoms with E-state index in [0.717, 1.165) is 32.1 Å². The van der Waals surface area contributed by atoms with Gasteiger partial charge in [-0.15, -0.1) is 0 Å². The van der Waals surface area contributed by atoms with Crippen molar-refractivity contribution in [3.05, 3.63) is 58.2 Å². The first kappa shape index (κ1) is 25.8. The van der Waals surface area contributed by atoms with Crippen molar-refractivity contribution in [1.29, 1.82) is 0 Å². The molecule has 0 aromatic heterocycles. The molecule has 0 N–H and O–H groups in total.